The van der Waals surface area contributed by atoms with Crippen molar-refractivity contribution in [2.24, 2.45) is 0 Å². The van der Waals surface area contributed by atoms with Gasteiger partial charge < -0.3 is 25.3 Å². The largest absolute Gasteiger partial charge is 0.478 e. The lowest BCUT2D eigenvalue weighted by Crippen LogP contribution is -2.39. The van der Waals surface area contributed by atoms with Gasteiger partial charge in [-0.25, -0.2) is 9.59 Å². The first-order valence-corrected chi connectivity index (χ1v) is 11.4. The topological polar surface area (TPSA) is 127 Å². The Morgan fingerprint density at radius 3 is 1.86 bits per heavy atom. The van der Waals surface area contributed by atoms with E-state index in [1.165, 1.54) is 0 Å². The predicted octanol–water partition coefficient (Wildman–Crippen LogP) is 3.36. The van der Waals surface area contributed by atoms with Gasteiger partial charge in [-0.1, -0.05) is 35.9 Å². The van der Waals surface area contributed by atoms with Gasteiger partial charge in [0.2, 0.25) is 5.91 Å². The van der Waals surface area contributed by atoms with E-state index in [1.54, 1.807) is 17.0 Å². The third-order valence-corrected chi connectivity index (χ3v) is 4.99. The van der Waals surface area contributed by atoms with Crippen molar-refractivity contribution in [2.45, 2.75) is 27.2 Å². The second kappa shape index (κ2) is 15.1. The average Bonchev–Trinajstić information content (AvgIpc) is 2.79. The molecular formula is C27H35N3O6. The molecule has 0 unspecified atom stereocenters. The molecule has 0 spiro atoms. The summed E-state index contributed by atoms with van der Waals surface area (Å²) < 4.78 is 0. The molecule has 2 aromatic carbocycles. The number of hydrogen-bond donors (Lipinski definition) is 3. The molecule has 0 heterocycles. The van der Waals surface area contributed by atoms with Gasteiger partial charge in [0.25, 0.3) is 5.91 Å². The van der Waals surface area contributed by atoms with Crippen molar-refractivity contribution in [3.05, 3.63) is 76.9 Å². The fourth-order valence-electron chi connectivity index (χ4n) is 3.47. The summed E-state index contributed by atoms with van der Waals surface area (Å²) in [6.45, 7) is 7.44. The fourth-order valence-corrected chi connectivity index (χ4v) is 3.47. The Kier molecular flexibility index (Phi) is 12.6. The molecule has 0 fully saturated rings. The number of carboxylic acids is 2. The Balaban J connectivity index is 0.000000697. The molecule has 9 nitrogen and oxygen atoms in total. The molecule has 0 saturated carbocycles. The number of amides is 2. The maximum absolute atomic E-state index is 12.9. The monoisotopic (exact) mass is 497 g/mol. The van der Waals surface area contributed by atoms with Gasteiger partial charge >= 0.3 is 11.9 Å². The van der Waals surface area contributed by atoms with Gasteiger partial charge in [0.15, 0.2) is 0 Å². The van der Waals surface area contributed by atoms with Crippen molar-refractivity contribution in [1.29, 1.82) is 0 Å². The molecule has 0 bridgehead atoms. The van der Waals surface area contributed by atoms with Crippen molar-refractivity contribution in [2.75, 3.05) is 39.0 Å². The summed E-state index contributed by atoms with van der Waals surface area (Å²) in [5, 5.41) is 18.6. The number of nitrogens with zero attached hydrogens (tertiary/aromatic N) is 2. The predicted molar refractivity (Wildman–Crippen MR) is 139 cm³/mol. The lowest BCUT2D eigenvalue weighted by molar-refractivity contribution is -0.134. The summed E-state index contributed by atoms with van der Waals surface area (Å²) in [6, 6.07) is 13.2. The smallest absolute Gasteiger partial charge is 0.328 e. The number of anilines is 1. The molecule has 2 rings (SSSR count). The highest BCUT2D eigenvalue weighted by Gasteiger charge is 2.19. The van der Waals surface area contributed by atoms with Gasteiger partial charge in [0, 0.05) is 29.9 Å². The van der Waals surface area contributed by atoms with E-state index in [0.717, 1.165) is 35.3 Å². The highest BCUT2D eigenvalue weighted by atomic mass is 16.4. The van der Waals surface area contributed by atoms with Crippen LogP contribution in [0.4, 0.5) is 5.69 Å². The number of benzene rings is 2. The van der Waals surface area contributed by atoms with Gasteiger partial charge in [-0.05, 0) is 71.1 Å². The standard InChI is InChI=1S/C23H31N3O2.C4H4O4/c1-17-14-18(2)22(19(3)15-17)24-21(27)16-26(13-9-12-25(4)5)23(28)20-10-7-6-8-11-20;5-3(6)1-2-4(7)8/h6-8,10-11,14-15H,9,12-13,16H2,1-5H3,(H,24,27);1-2H,(H,5,6)(H,7,8)/b;2-1+. The zero-order valence-corrected chi connectivity index (χ0v) is 21.4. The van der Waals surface area contributed by atoms with Gasteiger partial charge in [-0.15, -0.1) is 0 Å². The van der Waals surface area contributed by atoms with Crippen LogP contribution in [0.15, 0.2) is 54.6 Å². The van der Waals surface area contributed by atoms with E-state index in [2.05, 4.69) is 10.2 Å². The molecular weight excluding hydrogens is 462 g/mol. The van der Waals surface area contributed by atoms with Crippen LogP contribution in [0.25, 0.3) is 0 Å². The van der Waals surface area contributed by atoms with Crippen molar-refractivity contribution in [3.8, 4) is 0 Å². The third-order valence-electron chi connectivity index (χ3n) is 4.99. The number of carbonyl (C=O) groups is 4. The van der Waals surface area contributed by atoms with Gasteiger partial charge in [-0.3, -0.25) is 9.59 Å². The van der Waals surface area contributed by atoms with Crippen LogP contribution in [0.1, 0.15) is 33.5 Å². The minimum Gasteiger partial charge on any atom is -0.478 e. The third kappa shape index (κ3) is 11.4. The molecule has 0 aliphatic carbocycles. The Bertz CT molecular complexity index is 1040. The number of rotatable bonds is 10. The molecule has 0 aliphatic heterocycles. The molecule has 2 amide bonds. The van der Waals surface area contributed by atoms with E-state index in [0.29, 0.717) is 24.3 Å². The van der Waals surface area contributed by atoms with Crippen molar-refractivity contribution in [1.82, 2.24) is 9.80 Å². The Labute approximate surface area is 212 Å². The number of aliphatic carboxylic acids is 2. The summed E-state index contributed by atoms with van der Waals surface area (Å²) in [5.41, 5.74) is 4.65. The zero-order chi connectivity index (χ0) is 27.3. The highest BCUT2D eigenvalue weighted by Crippen LogP contribution is 2.22. The van der Waals surface area contributed by atoms with E-state index < -0.39 is 11.9 Å². The first-order valence-electron chi connectivity index (χ1n) is 11.4. The number of nitrogens with one attached hydrogen (secondary N) is 1. The zero-order valence-electron chi connectivity index (χ0n) is 21.4. The fraction of sp³-hybridized carbons (Fsp3) is 0.333. The lowest BCUT2D eigenvalue weighted by Gasteiger charge is -2.24. The lowest BCUT2D eigenvalue weighted by atomic mass is 10.1. The number of carbonyl (C=O) groups excluding carboxylic acids is 2. The molecule has 2 aromatic rings. The van der Waals surface area contributed by atoms with Crippen LogP contribution >= 0.6 is 0 Å². The van der Waals surface area contributed by atoms with Crippen LogP contribution < -0.4 is 5.32 Å². The van der Waals surface area contributed by atoms with Crippen LogP contribution in [-0.4, -0.2) is 77.5 Å². The van der Waals surface area contributed by atoms with E-state index in [4.69, 9.17) is 10.2 Å². The van der Waals surface area contributed by atoms with Crippen LogP contribution in [0.5, 0.6) is 0 Å². The molecule has 9 heteroatoms. The summed E-state index contributed by atoms with van der Waals surface area (Å²) >= 11 is 0. The molecule has 0 radical (unpaired) electrons. The van der Waals surface area contributed by atoms with E-state index in [1.807, 2.05) is 65.2 Å². The SMILES string of the molecule is Cc1cc(C)c(NC(=O)CN(CCCN(C)C)C(=O)c2ccccc2)c(C)c1.O=C(O)/C=C/C(=O)O. The van der Waals surface area contributed by atoms with Gasteiger partial charge in [-0.2, -0.15) is 0 Å². The first-order chi connectivity index (χ1) is 16.9. The van der Waals surface area contributed by atoms with E-state index in [-0.39, 0.29) is 18.4 Å². The molecule has 194 valence electrons. The maximum atomic E-state index is 12.9. The second-order valence-corrected chi connectivity index (χ2v) is 8.58. The molecule has 3 N–H and O–H groups in total. The van der Waals surface area contributed by atoms with Crippen LogP contribution in [0.3, 0.4) is 0 Å². The van der Waals surface area contributed by atoms with E-state index >= 15 is 0 Å². The molecule has 0 aromatic heterocycles. The summed E-state index contributed by atoms with van der Waals surface area (Å²) in [6.07, 6.45) is 1.92. The van der Waals surface area contributed by atoms with Gasteiger partial charge in [0.05, 0.1) is 0 Å². The summed E-state index contributed by atoms with van der Waals surface area (Å²) in [4.78, 5) is 48.5. The maximum Gasteiger partial charge on any atom is 0.328 e. The van der Waals surface area contributed by atoms with Crippen LogP contribution in [0, 0.1) is 20.8 Å². The average molecular weight is 498 g/mol. The quantitative estimate of drug-likeness (QED) is 0.430. The Hall–Kier alpha value is -3.98. The summed E-state index contributed by atoms with van der Waals surface area (Å²) in [5.74, 6) is -2.81. The Morgan fingerprint density at radius 2 is 1.39 bits per heavy atom. The molecule has 0 atom stereocenters. The number of aryl methyl sites for hydroxylation is 3. The molecule has 0 saturated heterocycles. The molecule has 0 aliphatic rings. The van der Waals surface area contributed by atoms with Crippen molar-refractivity contribution >= 4 is 29.4 Å². The van der Waals surface area contributed by atoms with Crippen molar-refractivity contribution < 1.29 is 29.4 Å². The number of hydrogen-bond acceptors (Lipinski definition) is 5. The van der Waals surface area contributed by atoms with E-state index in [9.17, 15) is 19.2 Å². The second-order valence-electron chi connectivity index (χ2n) is 8.58. The highest BCUT2D eigenvalue weighted by molar-refractivity contribution is 6.00. The number of carboxylic acid groups (broad SMARTS) is 2. The Morgan fingerprint density at radius 1 is 0.861 bits per heavy atom. The molecule has 36 heavy (non-hydrogen) atoms. The van der Waals surface area contributed by atoms with Crippen LogP contribution in [-0.2, 0) is 14.4 Å². The van der Waals surface area contributed by atoms with Gasteiger partial charge in [0.1, 0.15) is 6.54 Å². The normalized spacial score (nSPS) is 10.5. The first kappa shape index (κ1) is 30.1. The minimum absolute atomic E-state index is 0.0356. The van der Waals surface area contributed by atoms with Crippen LogP contribution in [0.2, 0.25) is 0 Å². The van der Waals surface area contributed by atoms with Crippen molar-refractivity contribution in [3.63, 3.8) is 0 Å². The minimum atomic E-state index is -1.26. The summed E-state index contributed by atoms with van der Waals surface area (Å²) in [7, 11) is 4.00.